The maximum Gasteiger partial charge on any atom is 0.258 e. The number of nitrogens with one attached hydrogen (secondary N) is 1. The molecule has 6 nitrogen and oxygen atoms in total. The van der Waals surface area contributed by atoms with Gasteiger partial charge in [-0.15, -0.1) is 0 Å². The average Bonchev–Trinajstić information content (AvgIpc) is 3.15. The topological polar surface area (TPSA) is 48.1 Å². The van der Waals surface area contributed by atoms with Gasteiger partial charge in [0.2, 0.25) is 0 Å². The van der Waals surface area contributed by atoms with Crippen molar-refractivity contribution in [2.75, 3.05) is 64.9 Å². The Hall–Kier alpha value is -2.57. The molecule has 2 aromatic rings. The van der Waals surface area contributed by atoms with Gasteiger partial charge in [-0.2, -0.15) is 0 Å². The molecule has 1 saturated heterocycles. The van der Waals surface area contributed by atoms with Gasteiger partial charge in [0.1, 0.15) is 5.75 Å². The standard InChI is InChI=1S/C25H34N4O2/c1-19-4-7-22(8-5-19)31-18-25(30)26-17-24(29-14-12-27(2)13-15-29)20-6-9-23-21(16-20)10-11-28(23)3/h4-9,16,24H,10-15,17-18H2,1-3H3,(H,26,30)/t24-/m0/s1. The third kappa shape index (κ3) is 5.38. The molecule has 0 unspecified atom stereocenters. The van der Waals surface area contributed by atoms with Crippen molar-refractivity contribution < 1.29 is 9.53 Å². The fraction of sp³-hybridized carbons (Fsp3) is 0.480. The Kier molecular flexibility index (Phi) is 6.78. The normalized spacial score (nSPS) is 18.0. The van der Waals surface area contributed by atoms with Crippen LogP contribution in [0.15, 0.2) is 42.5 Å². The first kappa shape index (κ1) is 21.7. The number of amides is 1. The van der Waals surface area contributed by atoms with E-state index in [0.29, 0.717) is 6.54 Å². The second kappa shape index (κ2) is 9.71. The lowest BCUT2D eigenvalue weighted by Gasteiger charge is -2.38. The predicted molar refractivity (Wildman–Crippen MR) is 125 cm³/mol. The van der Waals surface area contributed by atoms with Crippen molar-refractivity contribution in [2.45, 2.75) is 19.4 Å². The largest absolute Gasteiger partial charge is 0.484 e. The molecular formula is C25H34N4O2. The zero-order chi connectivity index (χ0) is 21.8. The molecule has 1 fully saturated rings. The van der Waals surface area contributed by atoms with E-state index in [1.807, 2.05) is 31.2 Å². The van der Waals surface area contributed by atoms with Gasteiger partial charge >= 0.3 is 0 Å². The van der Waals surface area contributed by atoms with E-state index < -0.39 is 0 Å². The molecule has 2 aromatic carbocycles. The fourth-order valence-corrected chi connectivity index (χ4v) is 4.43. The van der Waals surface area contributed by atoms with Crippen LogP contribution in [0.4, 0.5) is 5.69 Å². The number of aryl methyl sites for hydroxylation is 1. The predicted octanol–water partition coefficient (Wildman–Crippen LogP) is 2.47. The Balaban J connectivity index is 1.41. The second-order valence-electron chi connectivity index (χ2n) is 8.82. The first-order valence-corrected chi connectivity index (χ1v) is 11.2. The van der Waals surface area contributed by atoms with E-state index in [4.69, 9.17) is 4.74 Å². The van der Waals surface area contributed by atoms with Crippen molar-refractivity contribution in [3.05, 3.63) is 59.2 Å². The molecule has 0 saturated carbocycles. The summed E-state index contributed by atoms with van der Waals surface area (Å²) in [5.74, 6) is 0.639. The molecule has 2 heterocycles. The zero-order valence-electron chi connectivity index (χ0n) is 18.9. The van der Waals surface area contributed by atoms with Gasteiger partial charge in [0.05, 0.1) is 6.04 Å². The number of hydrogen-bond donors (Lipinski definition) is 1. The molecule has 31 heavy (non-hydrogen) atoms. The highest BCUT2D eigenvalue weighted by Gasteiger charge is 2.26. The first-order valence-electron chi connectivity index (χ1n) is 11.2. The number of likely N-dealkylation sites (N-methyl/N-ethyl adjacent to an activating group) is 2. The van der Waals surface area contributed by atoms with Gasteiger partial charge in [0.25, 0.3) is 5.91 Å². The van der Waals surface area contributed by atoms with Crippen LogP contribution >= 0.6 is 0 Å². The van der Waals surface area contributed by atoms with E-state index in [0.717, 1.165) is 44.9 Å². The summed E-state index contributed by atoms with van der Waals surface area (Å²) in [5.41, 5.74) is 5.20. The van der Waals surface area contributed by atoms with E-state index in [2.05, 4.69) is 52.3 Å². The number of benzene rings is 2. The molecule has 1 N–H and O–H groups in total. The molecule has 0 aliphatic carbocycles. The van der Waals surface area contributed by atoms with Crippen LogP contribution in [-0.2, 0) is 11.2 Å². The van der Waals surface area contributed by atoms with Gasteiger partial charge in [-0.25, -0.2) is 0 Å². The summed E-state index contributed by atoms with van der Waals surface area (Å²) >= 11 is 0. The molecule has 6 heteroatoms. The average molecular weight is 423 g/mol. The van der Waals surface area contributed by atoms with Crippen LogP contribution in [0.3, 0.4) is 0 Å². The Morgan fingerprint density at radius 3 is 2.52 bits per heavy atom. The van der Waals surface area contributed by atoms with Crippen molar-refractivity contribution in [1.29, 1.82) is 0 Å². The number of carbonyl (C=O) groups excluding carboxylic acids is 1. The Bertz CT molecular complexity index is 891. The minimum atomic E-state index is -0.0828. The molecule has 0 spiro atoms. The monoisotopic (exact) mass is 422 g/mol. The van der Waals surface area contributed by atoms with E-state index in [9.17, 15) is 4.79 Å². The second-order valence-corrected chi connectivity index (χ2v) is 8.82. The van der Waals surface area contributed by atoms with Crippen molar-refractivity contribution in [1.82, 2.24) is 15.1 Å². The van der Waals surface area contributed by atoms with Crippen LogP contribution in [0, 0.1) is 6.92 Å². The minimum Gasteiger partial charge on any atom is -0.484 e. The van der Waals surface area contributed by atoms with Crippen molar-refractivity contribution >= 4 is 11.6 Å². The Labute approximate surface area is 185 Å². The van der Waals surface area contributed by atoms with Gasteiger partial charge < -0.3 is 19.9 Å². The van der Waals surface area contributed by atoms with E-state index in [1.54, 1.807) is 0 Å². The molecule has 1 amide bonds. The van der Waals surface area contributed by atoms with Crippen molar-refractivity contribution in [2.24, 2.45) is 0 Å². The third-order valence-electron chi connectivity index (χ3n) is 6.48. The van der Waals surface area contributed by atoms with Crippen molar-refractivity contribution in [3.63, 3.8) is 0 Å². The number of carbonyl (C=O) groups is 1. The minimum absolute atomic E-state index is 0.0352. The molecule has 0 bridgehead atoms. The van der Waals surface area contributed by atoms with E-state index in [-0.39, 0.29) is 18.6 Å². The highest BCUT2D eigenvalue weighted by atomic mass is 16.5. The summed E-state index contributed by atoms with van der Waals surface area (Å²) in [7, 11) is 4.32. The maximum atomic E-state index is 12.5. The number of ether oxygens (including phenoxy) is 1. The number of fused-ring (bicyclic) bond motifs is 1. The van der Waals surface area contributed by atoms with Crippen LogP contribution in [-0.4, -0.2) is 75.7 Å². The van der Waals surface area contributed by atoms with Gasteiger partial charge in [-0.1, -0.05) is 29.8 Å². The molecule has 2 aliphatic rings. The number of rotatable bonds is 7. The number of nitrogens with zero attached hydrogens (tertiary/aromatic N) is 3. The van der Waals surface area contributed by atoms with Gasteiger partial charge in [-0.3, -0.25) is 9.69 Å². The summed E-state index contributed by atoms with van der Waals surface area (Å²) in [6.07, 6.45) is 1.09. The lowest BCUT2D eigenvalue weighted by Crippen LogP contribution is -2.48. The molecule has 0 aromatic heterocycles. The number of hydrogen-bond acceptors (Lipinski definition) is 5. The first-order chi connectivity index (χ1) is 15.0. The molecule has 166 valence electrons. The summed E-state index contributed by atoms with van der Waals surface area (Å²) < 4.78 is 5.65. The van der Waals surface area contributed by atoms with Crippen LogP contribution in [0.2, 0.25) is 0 Å². The van der Waals surface area contributed by atoms with Crippen molar-refractivity contribution in [3.8, 4) is 5.75 Å². The lowest BCUT2D eigenvalue weighted by atomic mass is 10.00. The third-order valence-corrected chi connectivity index (χ3v) is 6.48. The SMILES string of the molecule is Cc1ccc(OCC(=O)NC[C@@H](c2ccc3c(c2)CCN3C)N2CCN(C)CC2)cc1. The van der Waals surface area contributed by atoms with E-state index >= 15 is 0 Å². The highest BCUT2D eigenvalue weighted by molar-refractivity contribution is 5.77. The molecule has 1 atom stereocenters. The Morgan fingerprint density at radius 2 is 1.77 bits per heavy atom. The molecule has 0 radical (unpaired) electrons. The smallest absolute Gasteiger partial charge is 0.258 e. The lowest BCUT2D eigenvalue weighted by molar-refractivity contribution is -0.123. The fourth-order valence-electron chi connectivity index (χ4n) is 4.43. The summed E-state index contributed by atoms with van der Waals surface area (Å²) in [6.45, 7) is 7.85. The maximum absolute atomic E-state index is 12.5. The van der Waals surface area contributed by atoms with Crippen LogP contribution in [0.5, 0.6) is 5.75 Å². The Morgan fingerprint density at radius 1 is 1.03 bits per heavy atom. The molecule has 4 rings (SSSR count). The summed E-state index contributed by atoms with van der Waals surface area (Å²) in [4.78, 5) is 19.7. The number of anilines is 1. The van der Waals surface area contributed by atoms with Gasteiger partial charge in [-0.05, 0) is 49.7 Å². The van der Waals surface area contributed by atoms with Crippen LogP contribution in [0.25, 0.3) is 0 Å². The van der Waals surface area contributed by atoms with Crippen LogP contribution in [0.1, 0.15) is 22.7 Å². The zero-order valence-corrected chi connectivity index (χ0v) is 18.9. The summed E-state index contributed by atoms with van der Waals surface area (Å²) in [6, 6.07) is 14.8. The van der Waals surface area contributed by atoms with Gasteiger partial charge in [0, 0.05) is 52.0 Å². The van der Waals surface area contributed by atoms with Gasteiger partial charge in [0.15, 0.2) is 6.61 Å². The quantitative estimate of drug-likeness (QED) is 0.743. The van der Waals surface area contributed by atoms with Crippen LogP contribution < -0.4 is 15.0 Å². The number of piperazine rings is 1. The summed E-state index contributed by atoms with van der Waals surface area (Å²) in [5, 5.41) is 3.12. The van der Waals surface area contributed by atoms with E-state index in [1.165, 1.54) is 22.4 Å². The molecular weight excluding hydrogens is 388 g/mol. The molecule has 2 aliphatic heterocycles. The highest BCUT2D eigenvalue weighted by Crippen LogP contribution is 2.31.